The lowest BCUT2D eigenvalue weighted by Gasteiger charge is -2.28. The Labute approximate surface area is 170 Å². The number of hydrogen-bond acceptors (Lipinski definition) is 5. The lowest BCUT2D eigenvalue weighted by atomic mass is 9.86. The summed E-state index contributed by atoms with van der Waals surface area (Å²) >= 11 is 0. The maximum absolute atomic E-state index is 12.6. The minimum atomic E-state index is -0.129. The molecule has 1 aromatic heterocycles. The number of amides is 2. The van der Waals surface area contributed by atoms with E-state index in [0.29, 0.717) is 42.1 Å². The number of carbonyl (C=O) groups excluding carboxylic acids is 2. The number of nitriles is 1. The predicted octanol–water partition coefficient (Wildman–Crippen LogP) is 3.28. The van der Waals surface area contributed by atoms with Crippen LogP contribution in [0.2, 0.25) is 0 Å². The van der Waals surface area contributed by atoms with Gasteiger partial charge in [0.2, 0.25) is 11.8 Å². The van der Waals surface area contributed by atoms with E-state index >= 15 is 0 Å². The number of pyridine rings is 1. The van der Waals surface area contributed by atoms with Gasteiger partial charge in [-0.1, -0.05) is 0 Å². The molecule has 1 aromatic carbocycles. The molecule has 29 heavy (non-hydrogen) atoms. The van der Waals surface area contributed by atoms with Gasteiger partial charge >= 0.3 is 0 Å². The van der Waals surface area contributed by atoms with E-state index in [2.05, 4.69) is 21.7 Å². The zero-order valence-electron chi connectivity index (χ0n) is 16.4. The second kappa shape index (κ2) is 9.69. The summed E-state index contributed by atoms with van der Waals surface area (Å²) in [6, 6.07) is 12.3. The summed E-state index contributed by atoms with van der Waals surface area (Å²) in [5.74, 6) is 0.119. The van der Waals surface area contributed by atoms with Crippen LogP contribution in [0.5, 0.6) is 5.88 Å². The first kappa shape index (κ1) is 20.3. The molecule has 0 unspecified atom stereocenters. The van der Waals surface area contributed by atoms with Gasteiger partial charge in [-0.05, 0) is 69.0 Å². The van der Waals surface area contributed by atoms with Gasteiger partial charge < -0.3 is 15.4 Å². The highest BCUT2D eigenvalue weighted by Crippen LogP contribution is 2.29. The van der Waals surface area contributed by atoms with Crippen LogP contribution in [0.4, 0.5) is 5.69 Å². The van der Waals surface area contributed by atoms with Crippen LogP contribution in [-0.2, 0) is 4.79 Å². The van der Waals surface area contributed by atoms with Crippen LogP contribution in [0, 0.1) is 17.2 Å². The normalized spacial score (nSPS) is 18.3. The fourth-order valence-corrected chi connectivity index (χ4v) is 3.38. The molecule has 1 saturated carbocycles. The van der Waals surface area contributed by atoms with Gasteiger partial charge in [-0.15, -0.1) is 0 Å². The smallest absolute Gasteiger partial charge is 0.251 e. The molecule has 1 aliphatic rings. The van der Waals surface area contributed by atoms with Crippen LogP contribution >= 0.6 is 0 Å². The topological polar surface area (TPSA) is 104 Å². The number of nitrogens with one attached hydrogen (secondary N) is 2. The number of carbonyl (C=O) groups is 2. The van der Waals surface area contributed by atoms with E-state index in [-0.39, 0.29) is 23.8 Å². The lowest BCUT2D eigenvalue weighted by molar-refractivity contribution is -0.121. The quantitative estimate of drug-likeness (QED) is 0.785. The first-order valence-corrected chi connectivity index (χ1v) is 9.81. The molecule has 3 rings (SSSR count). The molecule has 2 amide bonds. The van der Waals surface area contributed by atoms with Crippen molar-refractivity contribution in [1.29, 1.82) is 5.26 Å². The van der Waals surface area contributed by atoms with Crippen LogP contribution in [0.3, 0.4) is 0 Å². The van der Waals surface area contributed by atoms with Crippen molar-refractivity contribution in [3.05, 3.63) is 53.7 Å². The standard InChI is InChI=1S/C22H24N4O3/c1-2-24-20(27)15-5-9-18(10-6-15)26-21(28)16-7-11-19(12-8-16)29-22-17(14-23)4-3-13-25-22/h3-6,9-10,13,16,19H,2,7-8,11-12H2,1H3,(H,24,27)(H,26,28). The Kier molecular flexibility index (Phi) is 6.80. The molecule has 0 aliphatic heterocycles. The predicted molar refractivity (Wildman–Crippen MR) is 108 cm³/mol. The van der Waals surface area contributed by atoms with Crippen LogP contribution in [0.1, 0.15) is 48.5 Å². The van der Waals surface area contributed by atoms with E-state index < -0.39 is 0 Å². The van der Waals surface area contributed by atoms with Gasteiger partial charge in [0.1, 0.15) is 17.7 Å². The molecule has 0 atom stereocenters. The fourth-order valence-electron chi connectivity index (χ4n) is 3.38. The second-order valence-electron chi connectivity index (χ2n) is 6.99. The van der Waals surface area contributed by atoms with Crippen molar-refractivity contribution in [2.45, 2.75) is 38.7 Å². The maximum atomic E-state index is 12.6. The van der Waals surface area contributed by atoms with E-state index in [1.807, 2.05) is 6.92 Å². The molecule has 0 saturated heterocycles. The Morgan fingerprint density at radius 3 is 2.55 bits per heavy atom. The fraction of sp³-hybridized carbons (Fsp3) is 0.364. The number of hydrogen-bond donors (Lipinski definition) is 2. The summed E-state index contributed by atoms with van der Waals surface area (Å²) in [7, 11) is 0. The van der Waals surface area contributed by atoms with Gasteiger partial charge in [0.25, 0.3) is 5.91 Å². The molecule has 150 valence electrons. The Hall–Kier alpha value is -3.40. The highest BCUT2D eigenvalue weighted by molar-refractivity contribution is 5.96. The van der Waals surface area contributed by atoms with E-state index in [1.165, 1.54) is 0 Å². The molecular weight excluding hydrogens is 368 g/mol. The minimum absolute atomic E-state index is 0.0234. The van der Waals surface area contributed by atoms with Crippen molar-refractivity contribution in [2.75, 3.05) is 11.9 Å². The highest BCUT2D eigenvalue weighted by Gasteiger charge is 2.28. The van der Waals surface area contributed by atoms with Gasteiger partial charge in [0, 0.05) is 29.9 Å². The molecule has 7 nitrogen and oxygen atoms in total. The monoisotopic (exact) mass is 392 g/mol. The highest BCUT2D eigenvalue weighted by atomic mass is 16.5. The Morgan fingerprint density at radius 1 is 1.17 bits per heavy atom. The Morgan fingerprint density at radius 2 is 1.90 bits per heavy atom. The van der Waals surface area contributed by atoms with E-state index in [1.54, 1.807) is 42.6 Å². The SMILES string of the molecule is CCNC(=O)c1ccc(NC(=O)C2CCC(Oc3ncccc3C#N)CC2)cc1. The van der Waals surface area contributed by atoms with Crippen molar-refractivity contribution < 1.29 is 14.3 Å². The second-order valence-corrected chi connectivity index (χ2v) is 6.99. The van der Waals surface area contributed by atoms with Crippen molar-refractivity contribution in [2.24, 2.45) is 5.92 Å². The van der Waals surface area contributed by atoms with Crippen LogP contribution in [0.15, 0.2) is 42.6 Å². The third kappa shape index (κ3) is 5.32. The molecule has 1 fully saturated rings. The van der Waals surface area contributed by atoms with Gasteiger partial charge in [-0.25, -0.2) is 4.98 Å². The van der Waals surface area contributed by atoms with Gasteiger partial charge in [-0.2, -0.15) is 5.26 Å². The zero-order valence-corrected chi connectivity index (χ0v) is 16.4. The summed E-state index contributed by atoms with van der Waals surface area (Å²) in [5.41, 5.74) is 1.66. The largest absolute Gasteiger partial charge is 0.473 e. The molecule has 1 aliphatic carbocycles. The first-order chi connectivity index (χ1) is 14.1. The van der Waals surface area contributed by atoms with Gasteiger partial charge in [0.05, 0.1) is 0 Å². The zero-order chi connectivity index (χ0) is 20.6. The molecule has 7 heteroatoms. The van der Waals surface area contributed by atoms with Gasteiger partial charge in [0.15, 0.2) is 0 Å². The summed E-state index contributed by atoms with van der Waals surface area (Å²) in [5, 5.41) is 14.8. The first-order valence-electron chi connectivity index (χ1n) is 9.81. The van der Waals surface area contributed by atoms with Crippen LogP contribution < -0.4 is 15.4 Å². The van der Waals surface area contributed by atoms with Crippen LogP contribution in [0.25, 0.3) is 0 Å². The summed E-state index contributed by atoms with van der Waals surface area (Å²) in [4.78, 5) is 28.5. The van der Waals surface area contributed by atoms with E-state index in [9.17, 15) is 9.59 Å². The van der Waals surface area contributed by atoms with Crippen molar-refractivity contribution >= 4 is 17.5 Å². The maximum Gasteiger partial charge on any atom is 0.251 e. The summed E-state index contributed by atoms with van der Waals surface area (Å²) in [6.45, 7) is 2.44. The molecule has 2 N–H and O–H groups in total. The molecule has 0 spiro atoms. The summed E-state index contributed by atoms with van der Waals surface area (Å²) < 4.78 is 5.88. The van der Waals surface area contributed by atoms with Gasteiger partial charge in [-0.3, -0.25) is 9.59 Å². The average molecular weight is 392 g/mol. The van der Waals surface area contributed by atoms with Crippen molar-refractivity contribution in [3.8, 4) is 11.9 Å². The number of benzene rings is 1. The Balaban J connectivity index is 1.50. The Bertz CT molecular complexity index is 897. The van der Waals surface area contributed by atoms with Crippen molar-refractivity contribution in [3.63, 3.8) is 0 Å². The number of ether oxygens (including phenoxy) is 1. The summed E-state index contributed by atoms with van der Waals surface area (Å²) in [6.07, 6.45) is 4.44. The number of anilines is 1. The average Bonchev–Trinajstić information content (AvgIpc) is 2.75. The minimum Gasteiger partial charge on any atom is -0.473 e. The third-order valence-corrected chi connectivity index (χ3v) is 4.97. The molecule has 0 radical (unpaired) electrons. The van der Waals surface area contributed by atoms with E-state index in [4.69, 9.17) is 10.00 Å². The number of aromatic nitrogens is 1. The number of rotatable bonds is 6. The van der Waals surface area contributed by atoms with E-state index in [0.717, 1.165) is 12.8 Å². The molecule has 2 aromatic rings. The molecule has 1 heterocycles. The van der Waals surface area contributed by atoms with Crippen LogP contribution in [-0.4, -0.2) is 29.4 Å². The molecular formula is C22H24N4O3. The third-order valence-electron chi connectivity index (χ3n) is 4.97. The number of nitrogens with zero attached hydrogens (tertiary/aromatic N) is 2. The lowest BCUT2D eigenvalue weighted by Crippen LogP contribution is -2.31. The van der Waals surface area contributed by atoms with Crippen molar-refractivity contribution in [1.82, 2.24) is 10.3 Å². The molecule has 0 bridgehead atoms.